The van der Waals surface area contributed by atoms with Crippen LogP contribution in [0.1, 0.15) is 69.2 Å². The first-order valence-electron chi connectivity index (χ1n) is 15.8. The lowest BCUT2D eigenvalue weighted by Gasteiger charge is -2.40. The van der Waals surface area contributed by atoms with Gasteiger partial charge in [-0.15, -0.1) is 0 Å². The Bertz CT molecular complexity index is 1440. The van der Waals surface area contributed by atoms with Gasteiger partial charge in [0.25, 0.3) is 0 Å². The number of fused-ring (bicyclic) bond motifs is 1. The molecule has 3 aromatic carbocycles. The molecule has 8 heteroatoms. The normalized spacial score (nSPS) is 18.2. The van der Waals surface area contributed by atoms with Crippen molar-refractivity contribution in [1.29, 1.82) is 0 Å². The Labute approximate surface area is 277 Å². The summed E-state index contributed by atoms with van der Waals surface area (Å²) >= 11 is 0. The molecule has 0 saturated carbocycles. The Kier molecular flexibility index (Phi) is 12.6. The monoisotopic (exact) mass is 645 g/mol. The molecule has 1 radical (unpaired) electrons. The Hall–Kier alpha value is -3.48. The molecule has 0 N–H and O–H groups in total. The number of methoxy groups -OCH3 is 2. The van der Waals surface area contributed by atoms with E-state index in [0.29, 0.717) is 12.4 Å². The second kappa shape index (κ2) is 16.4. The average molecular weight is 646 g/mol. The minimum atomic E-state index is -0.830. The van der Waals surface area contributed by atoms with Gasteiger partial charge in [-0.25, -0.2) is 0 Å². The van der Waals surface area contributed by atoms with E-state index in [9.17, 15) is 0 Å². The highest BCUT2D eigenvalue weighted by Gasteiger charge is 2.42. The maximum atomic E-state index is 6.37. The van der Waals surface area contributed by atoms with Gasteiger partial charge in [0.2, 0.25) is 9.04 Å². The minimum Gasteiger partial charge on any atom is -0.492 e. The molecular weight excluding hydrogens is 596 g/mol. The Balaban J connectivity index is 1.52. The molecule has 3 aromatic rings. The highest BCUT2D eigenvalue weighted by molar-refractivity contribution is 6.48. The van der Waals surface area contributed by atoms with Gasteiger partial charge in [0.15, 0.2) is 13.6 Å². The van der Waals surface area contributed by atoms with Gasteiger partial charge in [0.05, 0.1) is 18.6 Å². The maximum Gasteiger partial charge on any atom is 0.205 e. The molecule has 7 nitrogen and oxygen atoms in total. The Morgan fingerprint density at radius 1 is 0.870 bits per heavy atom. The molecule has 247 valence electrons. The molecule has 0 fully saturated rings. The van der Waals surface area contributed by atoms with Gasteiger partial charge in [-0.3, -0.25) is 0 Å². The van der Waals surface area contributed by atoms with E-state index in [1.807, 2.05) is 42.5 Å². The van der Waals surface area contributed by atoms with Crippen molar-refractivity contribution in [3.8, 4) is 34.8 Å². The smallest absolute Gasteiger partial charge is 0.205 e. The fourth-order valence-electron chi connectivity index (χ4n) is 5.48. The van der Waals surface area contributed by atoms with Crippen LogP contribution in [0.4, 0.5) is 0 Å². The molecule has 0 aromatic heterocycles. The number of hydrogen-bond donors (Lipinski definition) is 0. The summed E-state index contributed by atoms with van der Waals surface area (Å²) in [5.74, 6) is 9.68. The van der Waals surface area contributed by atoms with Crippen LogP contribution in [0.25, 0.3) is 0 Å². The Morgan fingerprint density at radius 2 is 1.48 bits per heavy atom. The number of rotatable bonds is 14. The lowest BCUT2D eigenvalue weighted by atomic mass is 9.68. The molecule has 4 rings (SSSR count). The van der Waals surface area contributed by atoms with Gasteiger partial charge >= 0.3 is 0 Å². The van der Waals surface area contributed by atoms with Crippen molar-refractivity contribution < 1.29 is 32.8 Å². The fourth-order valence-corrected chi connectivity index (χ4v) is 6.30. The van der Waals surface area contributed by atoms with E-state index in [2.05, 4.69) is 76.9 Å². The van der Waals surface area contributed by atoms with Gasteiger partial charge in [0.1, 0.15) is 29.6 Å². The van der Waals surface area contributed by atoms with Crippen molar-refractivity contribution in [2.75, 3.05) is 41.0 Å². The van der Waals surface area contributed by atoms with Crippen LogP contribution in [0, 0.1) is 17.3 Å². The third kappa shape index (κ3) is 9.76. The minimum absolute atomic E-state index is 0.101. The van der Waals surface area contributed by atoms with Crippen molar-refractivity contribution in [3.63, 3.8) is 0 Å². The van der Waals surface area contributed by atoms with E-state index in [-0.39, 0.29) is 37.6 Å². The highest BCUT2D eigenvalue weighted by Crippen LogP contribution is 2.47. The van der Waals surface area contributed by atoms with Gasteiger partial charge in [-0.1, -0.05) is 69.9 Å². The summed E-state index contributed by atoms with van der Waals surface area (Å²) in [4.78, 5) is 0. The van der Waals surface area contributed by atoms with Crippen molar-refractivity contribution in [2.45, 2.75) is 71.1 Å². The zero-order valence-corrected chi connectivity index (χ0v) is 29.6. The standard InChI is InChI=1S/C38H49O7Si/c1-37(2,3)22-21-35(45-46(7)8)28-11-15-30(16-12-28)41-23-9-10-34-33-20-19-32(44-27-40-6)24-36(33)42-25-38(34,4)29-13-17-31(18-14-29)43-26-39-5/h11-20,24,34-35H,21-23,25-27H2,1-8H3. The first-order valence-corrected chi connectivity index (χ1v) is 18.2. The summed E-state index contributed by atoms with van der Waals surface area (Å²) in [6, 6.07) is 22.2. The van der Waals surface area contributed by atoms with Crippen molar-refractivity contribution in [1.82, 2.24) is 0 Å². The molecule has 1 aliphatic rings. The van der Waals surface area contributed by atoms with Crippen LogP contribution in [0.3, 0.4) is 0 Å². The quantitative estimate of drug-likeness (QED) is 0.0993. The SMILES string of the molecule is COCOc1ccc(C2(C)COc3cc(OCOC)ccc3C2C#CCOc2ccc(C(CCC(C)(C)C)O[Si](C)C)cc2)cc1. The maximum absolute atomic E-state index is 6.37. The molecule has 1 heterocycles. The lowest BCUT2D eigenvalue weighted by molar-refractivity contribution is 0.0505. The first-order chi connectivity index (χ1) is 22.0. The zero-order valence-electron chi connectivity index (χ0n) is 28.6. The zero-order chi connectivity index (χ0) is 33.2. The average Bonchev–Trinajstić information content (AvgIpc) is 3.03. The van der Waals surface area contributed by atoms with Crippen molar-refractivity contribution in [3.05, 3.63) is 83.4 Å². The van der Waals surface area contributed by atoms with Gasteiger partial charge < -0.3 is 32.8 Å². The summed E-state index contributed by atoms with van der Waals surface area (Å²) in [6.07, 6.45) is 2.20. The van der Waals surface area contributed by atoms with Crippen molar-refractivity contribution >= 4 is 9.04 Å². The first kappa shape index (κ1) is 35.4. The van der Waals surface area contributed by atoms with Crippen LogP contribution < -0.4 is 18.9 Å². The number of hydrogen-bond acceptors (Lipinski definition) is 7. The lowest BCUT2D eigenvalue weighted by Crippen LogP contribution is -2.40. The predicted molar refractivity (Wildman–Crippen MR) is 183 cm³/mol. The molecule has 0 amide bonds. The Morgan fingerprint density at radius 3 is 2.11 bits per heavy atom. The van der Waals surface area contributed by atoms with E-state index >= 15 is 0 Å². The second-order valence-corrected chi connectivity index (χ2v) is 15.3. The van der Waals surface area contributed by atoms with Crippen LogP contribution in [-0.4, -0.2) is 50.1 Å². The summed E-state index contributed by atoms with van der Waals surface area (Å²) < 4.78 is 40.2. The van der Waals surface area contributed by atoms with Gasteiger partial charge in [0, 0.05) is 31.3 Å². The molecule has 0 aliphatic carbocycles. The number of benzene rings is 3. The van der Waals surface area contributed by atoms with E-state index < -0.39 is 14.5 Å². The van der Waals surface area contributed by atoms with E-state index in [4.69, 9.17) is 32.8 Å². The third-order valence-corrected chi connectivity index (χ3v) is 8.76. The molecule has 3 unspecified atom stereocenters. The summed E-state index contributed by atoms with van der Waals surface area (Å²) in [6.45, 7) is 14.5. The van der Waals surface area contributed by atoms with Crippen LogP contribution in [0.15, 0.2) is 66.7 Å². The summed E-state index contributed by atoms with van der Waals surface area (Å²) in [5, 5.41) is 0. The molecular formula is C38H49O7Si. The summed E-state index contributed by atoms with van der Waals surface area (Å²) in [5.41, 5.74) is 3.14. The van der Waals surface area contributed by atoms with E-state index in [0.717, 1.165) is 41.2 Å². The van der Waals surface area contributed by atoms with Gasteiger partial charge in [-0.05, 0) is 72.8 Å². The van der Waals surface area contributed by atoms with Crippen LogP contribution in [0.5, 0.6) is 23.0 Å². The molecule has 0 saturated heterocycles. The number of ether oxygens (including phenoxy) is 6. The predicted octanol–water partition coefficient (Wildman–Crippen LogP) is 8.30. The molecule has 0 bridgehead atoms. The van der Waals surface area contributed by atoms with Crippen LogP contribution in [0.2, 0.25) is 13.1 Å². The third-order valence-electron chi connectivity index (χ3n) is 8.01. The van der Waals surface area contributed by atoms with E-state index in [1.54, 1.807) is 14.2 Å². The molecule has 46 heavy (non-hydrogen) atoms. The van der Waals surface area contributed by atoms with Crippen molar-refractivity contribution in [2.24, 2.45) is 5.41 Å². The van der Waals surface area contributed by atoms with Crippen LogP contribution in [-0.2, 0) is 19.3 Å². The largest absolute Gasteiger partial charge is 0.492 e. The van der Waals surface area contributed by atoms with Gasteiger partial charge in [-0.2, -0.15) is 0 Å². The van der Waals surface area contributed by atoms with E-state index in [1.165, 1.54) is 5.56 Å². The molecule has 0 spiro atoms. The van der Waals surface area contributed by atoms with Crippen LogP contribution >= 0.6 is 0 Å². The second-order valence-electron chi connectivity index (χ2n) is 13.3. The highest BCUT2D eigenvalue weighted by atomic mass is 28.3. The summed E-state index contributed by atoms with van der Waals surface area (Å²) in [7, 11) is 2.37. The molecule has 3 atom stereocenters. The topological polar surface area (TPSA) is 64.6 Å². The fraction of sp³-hybridized carbons (Fsp3) is 0.474. The molecule has 1 aliphatic heterocycles.